The van der Waals surface area contributed by atoms with Crippen LogP contribution in [0.1, 0.15) is 68.2 Å². The molecule has 304 valence electrons. The number of benzene rings is 8. The van der Waals surface area contributed by atoms with Gasteiger partial charge in [-0.1, -0.05) is 141 Å². The predicted molar refractivity (Wildman–Crippen MR) is 262 cm³/mol. The van der Waals surface area contributed by atoms with E-state index >= 15 is 0 Å². The maximum Gasteiger partial charge on any atom is 0.0562 e. The molecule has 6 aliphatic rings. The molecule has 0 unspecified atom stereocenters. The van der Waals surface area contributed by atoms with Crippen LogP contribution in [0.5, 0.6) is 0 Å². The molecule has 2 heteroatoms. The minimum absolute atomic E-state index is 0.00707. The Morgan fingerprint density at radius 3 is 1.87 bits per heavy atom. The predicted octanol–water partition coefficient (Wildman–Crippen LogP) is 15.9. The van der Waals surface area contributed by atoms with E-state index in [0.717, 1.165) is 11.8 Å². The highest BCUT2D eigenvalue weighted by Crippen LogP contribution is 2.70. The van der Waals surface area contributed by atoms with Gasteiger partial charge in [0.15, 0.2) is 0 Å². The Morgan fingerprint density at radius 2 is 1.08 bits per heavy atom. The summed E-state index contributed by atoms with van der Waals surface area (Å²) in [6.45, 7) is 4.82. The van der Waals surface area contributed by atoms with E-state index in [1.165, 1.54) is 121 Å². The molecule has 4 saturated carbocycles. The third-order valence-electron chi connectivity index (χ3n) is 16.8. The van der Waals surface area contributed by atoms with Gasteiger partial charge in [-0.3, -0.25) is 0 Å². The molecule has 0 atom stereocenters. The van der Waals surface area contributed by atoms with Crippen LogP contribution in [0.4, 0.5) is 17.1 Å². The van der Waals surface area contributed by atoms with Crippen molar-refractivity contribution in [2.45, 2.75) is 56.8 Å². The summed E-state index contributed by atoms with van der Waals surface area (Å²) in [7, 11) is 0. The highest BCUT2D eigenvalue weighted by atomic mass is 15.2. The van der Waals surface area contributed by atoms with E-state index in [1.54, 1.807) is 11.1 Å². The van der Waals surface area contributed by atoms with Crippen molar-refractivity contribution in [1.29, 1.82) is 0 Å². The summed E-state index contributed by atoms with van der Waals surface area (Å²) in [5, 5.41) is 2.55. The number of rotatable bonds is 5. The Kier molecular flexibility index (Phi) is 7.38. The monoisotopic (exact) mass is 810 g/mol. The molecule has 1 aromatic heterocycles. The zero-order chi connectivity index (χ0) is 41.6. The number of anilines is 3. The van der Waals surface area contributed by atoms with Gasteiger partial charge in [0.05, 0.1) is 22.4 Å². The molecular weight excluding hydrogens is 761 g/mol. The van der Waals surface area contributed by atoms with Crippen LogP contribution >= 0.6 is 0 Å². The zero-order valence-corrected chi connectivity index (χ0v) is 36.1. The normalized spacial score (nSPS) is 23.0. The van der Waals surface area contributed by atoms with Gasteiger partial charge in [-0.05, 0) is 160 Å². The Bertz CT molecular complexity index is 3300. The topological polar surface area (TPSA) is 8.17 Å². The maximum atomic E-state index is 2.69. The molecule has 4 fully saturated rings. The van der Waals surface area contributed by atoms with Gasteiger partial charge in [-0.25, -0.2) is 0 Å². The van der Waals surface area contributed by atoms with Crippen molar-refractivity contribution in [1.82, 2.24) is 4.57 Å². The summed E-state index contributed by atoms with van der Waals surface area (Å²) in [6.07, 6.45) is 6.85. The first kappa shape index (κ1) is 35.9. The summed E-state index contributed by atoms with van der Waals surface area (Å²) >= 11 is 0. The lowest BCUT2D eigenvalue weighted by Gasteiger charge is -2.61. The fourth-order valence-electron chi connectivity index (χ4n) is 14.5. The lowest BCUT2D eigenvalue weighted by Crippen LogP contribution is -2.55. The quantitative estimate of drug-likeness (QED) is 0.168. The van der Waals surface area contributed by atoms with E-state index in [1.807, 2.05) is 0 Å². The van der Waals surface area contributed by atoms with Crippen molar-refractivity contribution in [3.05, 3.63) is 204 Å². The van der Waals surface area contributed by atoms with Gasteiger partial charge < -0.3 is 9.47 Å². The summed E-state index contributed by atoms with van der Waals surface area (Å²) in [5.41, 5.74) is 21.4. The van der Waals surface area contributed by atoms with Crippen LogP contribution in [-0.2, 0) is 10.8 Å². The summed E-state index contributed by atoms with van der Waals surface area (Å²) < 4.78 is 2.47. The third-order valence-corrected chi connectivity index (χ3v) is 16.8. The van der Waals surface area contributed by atoms with Crippen LogP contribution in [0.15, 0.2) is 182 Å². The first-order valence-corrected chi connectivity index (χ1v) is 23.4. The number of hydrogen-bond donors (Lipinski definition) is 0. The molecule has 0 saturated heterocycles. The largest absolute Gasteiger partial charge is 0.309 e. The van der Waals surface area contributed by atoms with Crippen LogP contribution in [0, 0.1) is 23.7 Å². The first-order valence-electron chi connectivity index (χ1n) is 23.4. The maximum absolute atomic E-state index is 2.69. The molecule has 0 N–H and O–H groups in total. The lowest BCUT2D eigenvalue weighted by atomic mass is 9.43. The second-order valence-corrected chi connectivity index (χ2v) is 20.1. The van der Waals surface area contributed by atoms with E-state index in [4.69, 9.17) is 0 Å². The molecule has 1 spiro atoms. The molecule has 63 heavy (non-hydrogen) atoms. The minimum Gasteiger partial charge on any atom is -0.309 e. The second kappa shape index (κ2) is 13.0. The minimum atomic E-state index is -0.122. The average molecular weight is 811 g/mol. The molecule has 2 nitrogen and oxygen atoms in total. The first-order chi connectivity index (χ1) is 31.0. The van der Waals surface area contributed by atoms with Crippen molar-refractivity contribution >= 4 is 38.9 Å². The van der Waals surface area contributed by atoms with Crippen LogP contribution in [0.3, 0.4) is 0 Å². The molecule has 4 bridgehead atoms. The van der Waals surface area contributed by atoms with Gasteiger partial charge in [0.2, 0.25) is 0 Å². The van der Waals surface area contributed by atoms with Crippen LogP contribution in [0.2, 0.25) is 0 Å². The molecule has 1 heterocycles. The molecule has 8 aromatic carbocycles. The number of hydrogen-bond acceptors (Lipinski definition) is 1. The Labute approximate surface area is 370 Å². The lowest BCUT2D eigenvalue weighted by molar-refractivity contribution is -0.0399. The molecular formula is C61H50N2. The average Bonchev–Trinajstić information content (AvgIpc) is 3.90. The van der Waals surface area contributed by atoms with Crippen LogP contribution < -0.4 is 4.90 Å². The fourth-order valence-corrected chi connectivity index (χ4v) is 14.5. The number of nitrogens with zero attached hydrogens (tertiary/aromatic N) is 2. The summed E-state index contributed by atoms with van der Waals surface area (Å²) in [6, 6.07) is 69.5. The van der Waals surface area contributed by atoms with E-state index < -0.39 is 0 Å². The Balaban J connectivity index is 1.06. The van der Waals surface area contributed by atoms with Gasteiger partial charge in [0.1, 0.15) is 0 Å². The van der Waals surface area contributed by atoms with Gasteiger partial charge >= 0.3 is 0 Å². The van der Waals surface area contributed by atoms with E-state index in [0.29, 0.717) is 11.8 Å². The van der Waals surface area contributed by atoms with Gasteiger partial charge in [0.25, 0.3) is 0 Å². The van der Waals surface area contributed by atoms with E-state index in [9.17, 15) is 0 Å². The van der Waals surface area contributed by atoms with Crippen molar-refractivity contribution in [3.63, 3.8) is 0 Å². The van der Waals surface area contributed by atoms with Crippen molar-refractivity contribution in [2.75, 3.05) is 4.90 Å². The summed E-state index contributed by atoms with van der Waals surface area (Å²) in [4.78, 5) is 2.67. The van der Waals surface area contributed by atoms with Crippen molar-refractivity contribution in [3.8, 4) is 39.1 Å². The highest BCUT2D eigenvalue weighted by molar-refractivity contribution is 6.17. The molecule has 0 radical (unpaired) electrons. The molecule has 0 aliphatic heterocycles. The molecule has 9 aromatic rings. The van der Waals surface area contributed by atoms with Crippen LogP contribution in [-0.4, -0.2) is 4.57 Å². The number of para-hydroxylation sites is 2. The van der Waals surface area contributed by atoms with Crippen molar-refractivity contribution < 1.29 is 0 Å². The molecule has 6 aliphatic carbocycles. The highest BCUT2D eigenvalue weighted by Gasteiger charge is 2.61. The fraction of sp³-hybridized carbons (Fsp3) is 0.213. The Morgan fingerprint density at radius 1 is 0.460 bits per heavy atom. The van der Waals surface area contributed by atoms with Gasteiger partial charge in [-0.2, -0.15) is 0 Å². The van der Waals surface area contributed by atoms with E-state index in [2.05, 4.69) is 205 Å². The smallest absolute Gasteiger partial charge is 0.0562 e. The molecule has 15 rings (SSSR count). The van der Waals surface area contributed by atoms with Crippen LogP contribution in [0.25, 0.3) is 60.9 Å². The van der Waals surface area contributed by atoms with Gasteiger partial charge in [0, 0.05) is 38.5 Å². The zero-order valence-electron chi connectivity index (χ0n) is 36.1. The van der Waals surface area contributed by atoms with Crippen molar-refractivity contribution in [2.24, 2.45) is 23.7 Å². The Hall–Kier alpha value is -6.64. The molecule has 0 amide bonds. The summed E-state index contributed by atoms with van der Waals surface area (Å²) in [5.74, 6) is 3.06. The SMILES string of the molecule is CC1(C)c2ccccc2-c2c(N(c3ccc4c(c3)C3(c5cc(-c6ccccc6)ccc5-4)C4CC5CC(C4)CC3C5)c3cccc4c3c3ccccc3n4-c3ccccc3)cccc21. The third kappa shape index (κ3) is 4.79. The standard InChI is InChI=1S/C61H50N2/c1-60(2)50-21-11-9-19-48(50)58-51(60)22-13-24-55(58)63(57-26-14-25-56-59(57)49-20-10-12-23-54(49)62(56)44-17-7-4-8-18-44)45-28-30-47-46-29-27-41(40-15-5-3-6-16-40)36-52(46)61(53(47)37-45)42-32-38-31-39(34-42)35-43(61)33-38/h3-30,36-39,42-43H,31-35H2,1-2H3. The van der Waals surface area contributed by atoms with E-state index in [-0.39, 0.29) is 10.8 Å². The van der Waals surface area contributed by atoms with Gasteiger partial charge in [-0.15, -0.1) is 0 Å². The number of fused-ring (bicyclic) bond motifs is 9. The second-order valence-electron chi connectivity index (χ2n) is 20.1. The number of aromatic nitrogens is 1.